The third-order valence-corrected chi connectivity index (χ3v) is 4.96. The van der Waals surface area contributed by atoms with Crippen LogP contribution in [-0.2, 0) is 6.42 Å². The SMILES string of the molecule is C[C@H](O)c1nnc(C(=O)N2CCc3[nH]cnc3[C@H]2c2cc3c(F)cccc3o2)o1. The molecule has 4 aromatic rings. The maximum absolute atomic E-state index is 14.2. The first kappa shape index (κ1) is 17.6. The summed E-state index contributed by atoms with van der Waals surface area (Å²) in [6.45, 7) is 1.80. The number of hydrogen-bond donors (Lipinski definition) is 2. The summed E-state index contributed by atoms with van der Waals surface area (Å²) in [5.74, 6) is -0.849. The lowest BCUT2D eigenvalue weighted by atomic mass is 10.00. The molecule has 2 N–H and O–H groups in total. The van der Waals surface area contributed by atoms with E-state index in [0.29, 0.717) is 35.4 Å². The van der Waals surface area contributed by atoms with E-state index in [1.165, 1.54) is 17.9 Å². The van der Waals surface area contributed by atoms with E-state index >= 15 is 0 Å². The van der Waals surface area contributed by atoms with Gasteiger partial charge in [-0.05, 0) is 25.1 Å². The standard InChI is InChI=1S/C19H16FN5O4/c1-9(26)17-23-24-18(29-17)19(27)25-6-5-12-15(22-8-21-12)16(25)14-7-10-11(20)3-2-4-13(10)28-14/h2-4,7-9,16,26H,5-6H2,1H3,(H,21,22)/t9-,16+/m0/s1. The maximum Gasteiger partial charge on any atom is 0.312 e. The lowest BCUT2D eigenvalue weighted by Gasteiger charge is -2.32. The number of nitrogens with one attached hydrogen (secondary N) is 1. The summed E-state index contributed by atoms with van der Waals surface area (Å²) in [5, 5.41) is 17.4. The van der Waals surface area contributed by atoms with Crippen molar-refractivity contribution in [1.82, 2.24) is 25.1 Å². The monoisotopic (exact) mass is 397 g/mol. The van der Waals surface area contributed by atoms with E-state index in [-0.39, 0.29) is 11.8 Å². The van der Waals surface area contributed by atoms with Gasteiger partial charge in [-0.3, -0.25) is 4.79 Å². The number of benzene rings is 1. The van der Waals surface area contributed by atoms with Crippen LogP contribution in [0.3, 0.4) is 0 Å². The van der Waals surface area contributed by atoms with Crippen LogP contribution in [0.5, 0.6) is 0 Å². The van der Waals surface area contributed by atoms with Gasteiger partial charge in [-0.2, -0.15) is 0 Å². The minimum absolute atomic E-state index is 0.0480. The number of aromatic nitrogens is 4. The number of aliphatic hydroxyl groups is 1. The molecular weight excluding hydrogens is 381 g/mol. The van der Waals surface area contributed by atoms with Gasteiger partial charge in [0.2, 0.25) is 5.89 Å². The van der Waals surface area contributed by atoms with Crippen molar-refractivity contribution in [3.05, 3.63) is 65.3 Å². The average Bonchev–Trinajstić information content (AvgIpc) is 3.44. The number of aromatic amines is 1. The van der Waals surface area contributed by atoms with Gasteiger partial charge < -0.3 is 23.8 Å². The van der Waals surface area contributed by atoms with Crippen LogP contribution in [0, 0.1) is 5.82 Å². The van der Waals surface area contributed by atoms with E-state index in [0.717, 1.165) is 5.69 Å². The largest absolute Gasteiger partial charge is 0.458 e. The lowest BCUT2D eigenvalue weighted by Crippen LogP contribution is -2.40. The Morgan fingerprint density at radius 1 is 1.38 bits per heavy atom. The predicted octanol–water partition coefficient (Wildman–Crippen LogP) is 2.52. The van der Waals surface area contributed by atoms with Crippen LogP contribution < -0.4 is 0 Å². The Hall–Kier alpha value is -3.53. The fourth-order valence-corrected chi connectivity index (χ4v) is 3.58. The van der Waals surface area contributed by atoms with Gasteiger partial charge in [-0.25, -0.2) is 9.37 Å². The number of halogens is 1. The van der Waals surface area contributed by atoms with Crippen LogP contribution in [0.1, 0.15) is 52.8 Å². The number of carbonyl (C=O) groups excluding carboxylic acids is 1. The summed E-state index contributed by atoms with van der Waals surface area (Å²) < 4.78 is 25.4. The van der Waals surface area contributed by atoms with Gasteiger partial charge in [0.1, 0.15) is 29.3 Å². The van der Waals surface area contributed by atoms with Crippen molar-refractivity contribution in [3.8, 4) is 0 Å². The second-order valence-corrected chi connectivity index (χ2v) is 6.84. The molecule has 5 rings (SSSR count). The number of furan rings is 1. The third-order valence-electron chi connectivity index (χ3n) is 4.96. The maximum atomic E-state index is 14.2. The summed E-state index contributed by atoms with van der Waals surface area (Å²) in [6, 6.07) is 5.46. The molecule has 0 bridgehead atoms. The zero-order valence-corrected chi connectivity index (χ0v) is 15.3. The second-order valence-electron chi connectivity index (χ2n) is 6.84. The topological polar surface area (TPSA) is 121 Å². The highest BCUT2D eigenvalue weighted by Crippen LogP contribution is 2.37. The Bertz CT molecular complexity index is 1210. The zero-order chi connectivity index (χ0) is 20.1. The van der Waals surface area contributed by atoms with Crippen molar-refractivity contribution < 1.29 is 23.1 Å². The molecule has 0 unspecified atom stereocenters. The molecule has 9 nitrogen and oxygen atoms in total. The fraction of sp³-hybridized carbons (Fsp3) is 0.263. The molecule has 1 aliphatic rings. The molecule has 4 heterocycles. The van der Waals surface area contributed by atoms with Gasteiger partial charge >= 0.3 is 11.8 Å². The number of fused-ring (bicyclic) bond motifs is 2. The first-order chi connectivity index (χ1) is 14.0. The summed E-state index contributed by atoms with van der Waals surface area (Å²) in [6.07, 6.45) is 1.11. The number of nitrogens with zero attached hydrogens (tertiary/aromatic N) is 4. The van der Waals surface area contributed by atoms with Crippen molar-refractivity contribution in [2.24, 2.45) is 0 Å². The number of rotatable bonds is 3. The molecule has 1 amide bonds. The molecule has 0 spiro atoms. The highest BCUT2D eigenvalue weighted by molar-refractivity contribution is 5.90. The predicted molar refractivity (Wildman–Crippen MR) is 96.3 cm³/mol. The summed E-state index contributed by atoms with van der Waals surface area (Å²) in [5.41, 5.74) is 1.86. The van der Waals surface area contributed by atoms with E-state index in [1.807, 2.05) is 0 Å². The van der Waals surface area contributed by atoms with Crippen molar-refractivity contribution >= 4 is 16.9 Å². The van der Waals surface area contributed by atoms with Crippen LogP contribution in [0.15, 0.2) is 39.4 Å². The molecule has 1 aromatic carbocycles. The molecule has 29 heavy (non-hydrogen) atoms. The van der Waals surface area contributed by atoms with Gasteiger partial charge in [0.15, 0.2) is 0 Å². The van der Waals surface area contributed by atoms with Crippen LogP contribution in [0.25, 0.3) is 11.0 Å². The van der Waals surface area contributed by atoms with Crippen LogP contribution >= 0.6 is 0 Å². The fourth-order valence-electron chi connectivity index (χ4n) is 3.58. The van der Waals surface area contributed by atoms with Crippen molar-refractivity contribution in [2.45, 2.75) is 25.5 Å². The number of aliphatic hydroxyl groups excluding tert-OH is 1. The second kappa shape index (κ2) is 6.52. The number of H-pyrrole nitrogens is 1. The van der Waals surface area contributed by atoms with E-state index in [4.69, 9.17) is 8.83 Å². The van der Waals surface area contributed by atoms with Crippen molar-refractivity contribution in [3.63, 3.8) is 0 Å². The first-order valence-corrected chi connectivity index (χ1v) is 9.05. The minimum atomic E-state index is -0.988. The van der Waals surface area contributed by atoms with Gasteiger partial charge in [-0.15, -0.1) is 10.2 Å². The molecule has 3 aromatic heterocycles. The molecule has 2 atom stereocenters. The number of hydrogen-bond acceptors (Lipinski definition) is 7. The third kappa shape index (κ3) is 2.80. The highest BCUT2D eigenvalue weighted by atomic mass is 19.1. The highest BCUT2D eigenvalue weighted by Gasteiger charge is 2.38. The van der Waals surface area contributed by atoms with Crippen molar-refractivity contribution in [1.29, 1.82) is 0 Å². The summed E-state index contributed by atoms with van der Waals surface area (Å²) in [7, 11) is 0. The van der Waals surface area contributed by atoms with Crippen molar-refractivity contribution in [2.75, 3.05) is 6.54 Å². The van der Waals surface area contributed by atoms with E-state index in [2.05, 4.69) is 20.2 Å². The van der Waals surface area contributed by atoms with Gasteiger partial charge in [0.05, 0.1) is 17.4 Å². The van der Waals surface area contributed by atoms with Gasteiger partial charge in [0, 0.05) is 18.7 Å². The first-order valence-electron chi connectivity index (χ1n) is 9.05. The number of amides is 1. The minimum Gasteiger partial charge on any atom is -0.458 e. The van der Waals surface area contributed by atoms with Crippen LogP contribution in [-0.4, -0.2) is 42.6 Å². The Kier molecular flexibility index (Phi) is 3.95. The molecule has 0 saturated carbocycles. The van der Waals surface area contributed by atoms with E-state index in [9.17, 15) is 14.3 Å². The zero-order valence-electron chi connectivity index (χ0n) is 15.3. The van der Waals surface area contributed by atoms with Gasteiger partial charge in [0.25, 0.3) is 0 Å². The molecule has 0 fully saturated rings. The molecular formula is C19H16FN5O4. The summed E-state index contributed by atoms with van der Waals surface area (Å²) in [4.78, 5) is 22.1. The summed E-state index contributed by atoms with van der Waals surface area (Å²) >= 11 is 0. The Labute approximate surface area is 163 Å². The van der Waals surface area contributed by atoms with Gasteiger partial charge in [-0.1, -0.05) is 6.07 Å². The molecule has 0 aliphatic carbocycles. The quantitative estimate of drug-likeness (QED) is 0.545. The molecule has 10 heteroatoms. The number of imidazole rings is 1. The Balaban J connectivity index is 1.60. The Morgan fingerprint density at radius 2 is 2.24 bits per heavy atom. The van der Waals surface area contributed by atoms with Crippen LogP contribution in [0.2, 0.25) is 0 Å². The molecule has 0 radical (unpaired) electrons. The molecule has 148 valence electrons. The molecule has 0 saturated heterocycles. The van der Waals surface area contributed by atoms with E-state index < -0.39 is 23.9 Å². The normalized spacial score (nSPS) is 17.5. The lowest BCUT2D eigenvalue weighted by molar-refractivity contribution is 0.0623. The van der Waals surface area contributed by atoms with E-state index in [1.54, 1.807) is 24.5 Å². The number of carbonyl (C=O) groups is 1. The Morgan fingerprint density at radius 3 is 3.00 bits per heavy atom. The van der Waals surface area contributed by atoms with Crippen LogP contribution in [0.4, 0.5) is 4.39 Å². The average molecular weight is 397 g/mol. The molecule has 1 aliphatic heterocycles. The smallest absolute Gasteiger partial charge is 0.312 e.